The number of nitrogens with two attached hydrogens (primary N) is 1. The maximum atomic E-state index is 13.2. The van der Waals surface area contributed by atoms with Crippen LogP contribution in [0.4, 0.5) is 0 Å². The van der Waals surface area contributed by atoms with Gasteiger partial charge in [0.1, 0.15) is 24.2 Å². The Hall–Kier alpha value is -4.33. The number of nitrogens with one attached hydrogen (secondary N) is 5. The van der Waals surface area contributed by atoms with Crippen molar-refractivity contribution in [3.8, 4) is 0 Å². The van der Waals surface area contributed by atoms with Crippen LogP contribution in [-0.4, -0.2) is 96.0 Å². The number of ketones is 1. The molecule has 1 aliphatic heterocycles. The van der Waals surface area contributed by atoms with Crippen LogP contribution in [0.15, 0.2) is 30.3 Å². The minimum Gasteiger partial charge on any atom is -0.349 e. The quantitative estimate of drug-likeness (QED) is 0.0838. The van der Waals surface area contributed by atoms with Crippen LogP contribution in [0.1, 0.15) is 85.1 Å². The van der Waals surface area contributed by atoms with Crippen LogP contribution in [0.3, 0.4) is 0 Å². The van der Waals surface area contributed by atoms with E-state index in [9.17, 15) is 33.6 Å². The monoisotopic (exact) mass is 685 g/mol. The molecule has 6 amide bonds. The molecule has 1 aromatic rings. The van der Waals surface area contributed by atoms with Crippen LogP contribution < -0.4 is 32.3 Å². The smallest absolute Gasteiger partial charge is 0.289 e. The summed E-state index contributed by atoms with van der Waals surface area (Å²) in [6, 6.07) is 5.02. The Morgan fingerprint density at radius 1 is 0.816 bits per heavy atom. The molecule has 49 heavy (non-hydrogen) atoms. The third-order valence-corrected chi connectivity index (χ3v) is 8.54. The van der Waals surface area contributed by atoms with Gasteiger partial charge < -0.3 is 37.2 Å². The highest BCUT2D eigenvalue weighted by molar-refractivity contribution is 6.38. The van der Waals surface area contributed by atoms with Gasteiger partial charge in [0.15, 0.2) is 0 Å². The van der Waals surface area contributed by atoms with Gasteiger partial charge in [-0.3, -0.25) is 33.6 Å². The van der Waals surface area contributed by atoms with Gasteiger partial charge >= 0.3 is 0 Å². The Labute approximate surface area is 289 Å². The lowest BCUT2D eigenvalue weighted by Crippen LogP contribution is -2.59. The molecule has 0 unspecified atom stereocenters. The molecule has 1 saturated heterocycles. The van der Waals surface area contributed by atoms with Gasteiger partial charge in [0.25, 0.3) is 5.91 Å². The fourth-order valence-corrected chi connectivity index (χ4v) is 5.59. The Kier molecular flexibility index (Phi) is 17.4. The maximum Gasteiger partial charge on any atom is 0.289 e. The summed E-state index contributed by atoms with van der Waals surface area (Å²) in [6.45, 7) is 8.91. The number of carbonyl (C=O) groups is 7. The van der Waals surface area contributed by atoms with E-state index in [1.165, 1.54) is 31.2 Å². The van der Waals surface area contributed by atoms with Crippen molar-refractivity contribution in [3.05, 3.63) is 35.9 Å². The largest absolute Gasteiger partial charge is 0.349 e. The number of hydrogen-bond acceptors (Lipinski definition) is 8. The van der Waals surface area contributed by atoms with Crippen molar-refractivity contribution < 1.29 is 33.6 Å². The molecule has 0 saturated carbocycles. The number of aryl methyl sites for hydroxylation is 1. The fourth-order valence-electron chi connectivity index (χ4n) is 5.59. The number of hydrogen-bond donors (Lipinski definition) is 6. The molecule has 1 aromatic carbocycles. The van der Waals surface area contributed by atoms with Crippen molar-refractivity contribution in [2.75, 3.05) is 19.6 Å². The summed E-state index contributed by atoms with van der Waals surface area (Å²) in [5.74, 6) is -4.49. The zero-order chi connectivity index (χ0) is 36.5. The second-order valence-corrected chi connectivity index (χ2v) is 13.0. The molecule has 1 aliphatic rings. The first-order valence-corrected chi connectivity index (χ1v) is 17.3. The third kappa shape index (κ3) is 13.6. The number of likely N-dealkylation sites (tertiary alicyclic amines) is 1. The molecule has 1 fully saturated rings. The molecule has 5 atom stereocenters. The summed E-state index contributed by atoms with van der Waals surface area (Å²) in [4.78, 5) is 91.1. The van der Waals surface area contributed by atoms with E-state index < -0.39 is 65.5 Å². The Bertz CT molecular complexity index is 1290. The topological polar surface area (TPSA) is 209 Å². The summed E-state index contributed by atoms with van der Waals surface area (Å²) in [6.07, 6.45) is 4.85. The van der Waals surface area contributed by atoms with Gasteiger partial charge in [0.05, 0.1) is 6.04 Å². The predicted octanol–water partition coefficient (Wildman–Crippen LogP) is 0.470. The molecule has 272 valence electrons. The summed E-state index contributed by atoms with van der Waals surface area (Å²) < 4.78 is 0. The lowest BCUT2D eigenvalue weighted by atomic mass is 10.0. The number of nitrogens with zero attached hydrogens (tertiary/aromatic N) is 1. The molecular formula is C35H55N7O7. The highest BCUT2D eigenvalue weighted by atomic mass is 16.2. The molecule has 0 aromatic heterocycles. The average molecular weight is 686 g/mol. The van der Waals surface area contributed by atoms with E-state index in [1.807, 2.05) is 30.3 Å². The SMILES string of the molecule is CC(=O)N1CCC[C@H]1C(=O)N[C@H](C(=O)N[C@@H](C)C(=O)N[C@@H](CCCCN)C(=O)N[C@@H](C)C(=O)C(=O)NCCCCc1ccccc1)C(C)C. The summed E-state index contributed by atoms with van der Waals surface area (Å²) in [5, 5.41) is 13.1. The van der Waals surface area contributed by atoms with E-state index in [2.05, 4.69) is 26.6 Å². The van der Waals surface area contributed by atoms with Crippen LogP contribution in [0.2, 0.25) is 0 Å². The van der Waals surface area contributed by atoms with Crippen molar-refractivity contribution >= 4 is 41.2 Å². The summed E-state index contributed by atoms with van der Waals surface area (Å²) in [7, 11) is 0. The number of unbranched alkanes of at least 4 members (excludes halogenated alkanes) is 2. The fraction of sp³-hybridized carbons (Fsp3) is 0.629. The number of amides is 6. The Morgan fingerprint density at radius 3 is 2.12 bits per heavy atom. The normalized spacial score (nSPS) is 16.6. The van der Waals surface area contributed by atoms with Crippen LogP contribution in [0.5, 0.6) is 0 Å². The van der Waals surface area contributed by atoms with E-state index >= 15 is 0 Å². The van der Waals surface area contributed by atoms with Crippen molar-refractivity contribution in [2.45, 2.75) is 116 Å². The highest BCUT2D eigenvalue weighted by Gasteiger charge is 2.36. The van der Waals surface area contributed by atoms with Crippen LogP contribution in [0, 0.1) is 5.92 Å². The molecule has 1 heterocycles. The van der Waals surface area contributed by atoms with Gasteiger partial charge in [-0.2, -0.15) is 0 Å². The van der Waals surface area contributed by atoms with E-state index in [0.717, 1.165) is 12.8 Å². The zero-order valence-electron chi connectivity index (χ0n) is 29.5. The van der Waals surface area contributed by atoms with Crippen molar-refractivity contribution in [3.63, 3.8) is 0 Å². The number of Topliss-reactive ketones (excluding diaryl/α,β-unsaturated/α-hetero) is 1. The first kappa shape index (κ1) is 40.8. The van der Waals surface area contributed by atoms with E-state index in [0.29, 0.717) is 51.7 Å². The van der Waals surface area contributed by atoms with Crippen LogP contribution >= 0.6 is 0 Å². The minimum atomic E-state index is -1.14. The van der Waals surface area contributed by atoms with E-state index in [-0.39, 0.29) is 18.2 Å². The minimum absolute atomic E-state index is 0.211. The lowest BCUT2D eigenvalue weighted by Gasteiger charge is -2.28. The standard InChI is InChI=1S/C35H55N7O7/c1-22(2)29(41-33(47)28-18-13-21-42(28)25(5)43)34(48)39-24(4)31(45)40-27(17-9-11-19-36)32(46)38-23(3)30(44)35(49)37-20-12-10-16-26-14-7-6-8-15-26/h6-8,14-15,22-24,27-29H,9-13,16-21,36H2,1-5H3,(H,37,49)(H,38,46)(H,39,48)(H,40,45)(H,41,47)/t23-,24-,27-,28-,29-/m0/s1. The Morgan fingerprint density at radius 2 is 1.49 bits per heavy atom. The molecule has 7 N–H and O–H groups in total. The first-order chi connectivity index (χ1) is 23.3. The lowest BCUT2D eigenvalue weighted by molar-refractivity contribution is -0.140. The van der Waals surface area contributed by atoms with Gasteiger partial charge in [-0.25, -0.2) is 0 Å². The second kappa shape index (κ2) is 20.9. The molecule has 2 rings (SSSR count). The first-order valence-electron chi connectivity index (χ1n) is 17.3. The molecular weight excluding hydrogens is 630 g/mol. The molecule has 0 bridgehead atoms. The van der Waals surface area contributed by atoms with Crippen molar-refractivity contribution in [1.82, 2.24) is 31.5 Å². The van der Waals surface area contributed by atoms with E-state index in [4.69, 9.17) is 5.73 Å². The molecule has 0 radical (unpaired) electrons. The third-order valence-electron chi connectivity index (χ3n) is 8.54. The predicted molar refractivity (Wildman–Crippen MR) is 185 cm³/mol. The van der Waals surface area contributed by atoms with Crippen molar-refractivity contribution in [2.24, 2.45) is 11.7 Å². The van der Waals surface area contributed by atoms with Gasteiger partial charge in [-0.05, 0) is 83.2 Å². The summed E-state index contributed by atoms with van der Waals surface area (Å²) >= 11 is 0. The Balaban J connectivity index is 1.92. The second-order valence-electron chi connectivity index (χ2n) is 13.0. The van der Waals surface area contributed by atoms with Gasteiger partial charge in [-0.1, -0.05) is 44.2 Å². The number of benzene rings is 1. The summed E-state index contributed by atoms with van der Waals surface area (Å²) in [5.41, 5.74) is 6.80. The molecule has 0 spiro atoms. The molecule has 0 aliphatic carbocycles. The number of carbonyl (C=O) groups excluding carboxylic acids is 7. The van der Waals surface area contributed by atoms with Gasteiger partial charge in [0.2, 0.25) is 35.3 Å². The van der Waals surface area contributed by atoms with Crippen LogP contribution in [0.25, 0.3) is 0 Å². The maximum absolute atomic E-state index is 13.2. The highest BCUT2D eigenvalue weighted by Crippen LogP contribution is 2.18. The molecule has 14 heteroatoms. The van der Waals surface area contributed by atoms with Gasteiger partial charge in [-0.15, -0.1) is 0 Å². The average Bonchev–Trinajstić information content (AvgIpc) is 3.57. The number of rotatable bonds is 20. The van der Waals surface area contributed by atoms with E-state index in [1.54, 1.807) is 13.8 Å². The molecule has 14 nitrogen and oxygen atoms in total. The zero-order valence-corrected chi connectivity index (χ0v) is 29.5. The van der Waals surface area contributed by atoms with Crippen molar-refractivity contribution in [1.29, 1.82) is 0 Å². The van der Waals surface area contributed by atoms with Gasteiger partial charge in [0, 0.05) is 20.0 Å². The van der Waals surface area contributed by atoms with Crippen LogP contribution in [-0.2, 0) is 40.0 Å².